The maximum absolute atomic E-state index is 11.1. The summed E-state index contributed by atoms with van der Waals surface area (Å²) in [6, 6.07) is 0. The Bertz CT molecular complexity index is 555. The Hall–Kier alpha value is -1.58. The third-order valence-corrected chi connectivity index (χ3v) is 6.99. The van der Waals surface area contributed by atoms with Gasteiger partial charge in [-0.2, -0.15) is 0 Å². The van der Waals surface area contributed by atoms with Crippen molar-refractivity contribution in [2.75, 3.05) is 13.2 Å². The molecule has 39 heavy (non-hydrogen) atoms. The van der Waals surface area contributed by atoms with E-state index >= 15 is 0 Å². The van der Waals surface area contributed by atoms with Crippen LogP contribution in [0.1, 0.15) is 175 Å². The number of carbonyl (C=O) groups excluding carboxylic acids is 2. The summed E-state index contributed by atoms with van der Waals surface area (Å²) in [6.07, 6.45) is 33.0. The molecule has 0 saturated heterocycles. The van der Waals surface area contributed by atoms with Crippen LogP contribution >= 0.6 is 0 Å². The molecule has 0 aliphatic carbocycles. The standard InChI is InChI=1S/C18H34O2.C17H32O2/c1-4-5-6-7-8-9-10-11-12-13-14-15-16-20-18(19)17(2)3;1-3-5-6-7-8-9-10-11-12-13-14-15-16-19-17(18)4-2/h2,4-16H2,1,3H3;4H,2-3,5-16H2,1H3. The lowest BCUT2D eigenvalue weighted by Gasteiger charge is -2.04. The molecule has 0 unspecified atom stereocenters. The number of hydrogen-bond acceptors (Lipinski definition) is 4. The molecular weight excluding hydrogens is 484 g/mol. The largest absolute Gasteiger partial charge is 0.463 e. The number of hydrogen-bond donors (Lipinski definition) is 0. The van der Waals surface area contributed by atoms with E-state index in [1.807, 2.05) is 0 Å². The van der Waals surface area contributed by atoms with Gasteiger partial charge in [0, 0.05) is 11.6 Å². The first-order valence-corrected chi connectivity index (χ1v) is 16.6. The van der Waals surface area contributed by atoms with Gasteiger partial charge < -0.3 is 9.47 Å². The van der Waals surface area contributed by atoms with Gasteiger partial charge in [0.1, 0.15) is 0 Å². The fraction of sp³-hybridized carbons (Fsp3) is 0.829. The van der Waals surface area contributed by atoms with Gasteiger partial charge in [-0.05, 0) is 19.8 Å². The summed E-state index contributed by atoms with van der Waals surface area (Å²) in [5.74, 6) is -0.559. The molecule has 4 nitrogen and oxygen atoms in total. The molecular formula is C35H66O4. The fourth-order valence-corrected chi connectivity index (χ4v) is 4.41. The van der Waals surface area contributed by atoms with Crippen LogP contribution in [0.25, 0.3) is 0 Å². The van der Waals surface area contributed by atoms with Crippen molar-refractivity contribution in [3.8, 4) is 0 Å². The molecule has 0 saturated carbocycles. The Kier molecular flexibility index (Phi) is 34.9. The van der Waals surface area contributed by atoms with Crippen LogP contribution in [-0.4, -0.2) is 25.2 Å². The lowest BCUT2D eigenvalue weighted by atomic mass is 10.1. The van der Waals surface area contributed by atoms with Crippen LogP contribution in [0.15, 0.2) is 24.8 Å². The average molecular weight is 551 g/mol. The molecule has 230 valence electrons. The van der Waals surface area contributed by atoms with Gasteiger partial charge in [0.15, 0.2) is 0 Å². The SMILES string of the molecule is C=C(C)C(=O)OCCCCCCCCCCCCCC.C=CC(=O)OCCCCCCCCCCCCCC. The highest BCUT2D eigenvalue weighted by atomic mass is 16.5. The summed E-state index contributed by atoms with van der Waals surface area (Å²) in [5.41, 5.74) is 0.490. The Morgan fingerprint density at radius 3 is 1.08 bits per heavy atom. The summed E-state index contributed by atoms with van der Waals surface area (Å²) in [6.45, 7) is 14.2. The molecule has 0 bridgehead atoms. The number of ether oxygens (including phenoxy) is 2. The molecule has 0 spiro atoms. The van der Waals surface area contributed by atoms with Crippen molar-refractivity contribution in [2.45, 2.75) is 175 Å². The van der Waals surface area contributed by atoms with E-state index in [0.29, 0.717) is 18.8 Å². The monoisotopic (exact) mass is 550 g/mol. The molecule has 0 N–H and O–H groups in total. The van der Waals surface area contributed by atoms with E-state index in [4.69, 9.17) is 9.47 Å². The van der Waals surface area contributed by atoms with E-state index in [9.17, 15) is 9.59 Å². The Labute approximate surface area is 243 Å². The quantitative estimate of drug-likeness (QED) is 0.0552. The third-order valence-electron chi connectivity index (χ3n) is 6.99. The van der Waals surface area contributed by atoms with E-state index in [1.165, 1.54) is 147 Å². The molecule has 0 radical (unpaired) electrons. The van der Waals surface area contributed by atoms with Crippen LogP contribution in [-0.2, 0) is 19.1 Å². The van der Waals surface area contributed by atoms with Crippen LogP contribution in [0.5, 0.6) is 0 Å². The minimum Gasteiger partial charge on any atom is -0.463 e. The first-order valence-electron chi connectivity index (χ1n) is 16.6. The number of carbonyl (C=O) groups is 2. The zero-order valence-electron chi connectivity index (χ0n) is 26.5. The summed E-state index contributed by atoms with van der Waals surface area (Å²) in [5, 5.41) is 0. The molecule has 4 heteroatoms. The third kappa shape index (κ3) is 36.4. The molecule has 0 atom stereocenters. The van der Waals surface area contributed by atoms with E-state index in [0.717, 1.165) is 12.8 Å². The van der Waals surface area contributed by atoms with Crippen molar-refractivity contribution in [3.63, 3.8) is 0 Å². The Balaban J connectivity index is 0. The highest BCUT2D eigenvalue weighted by Crippen LogP contribution is 2.13. The average Bonchev–Trinajstić information content (AvgIpc) is 2.93. The Morgan fingerprint density at radius 2 is 0.795 bits per heavy atom. The lowest BCUT2D eigenvalue weighted by Crippen LogP contribution is -2.05. The van der Waals surface area contributed by atoms with Crippen LogP contribution in [0, 0.1) is 0 Å². The minimum absolute atomic E-state index is 0.256. The molecule has 0 amide bonds. The van der Waals surface area contributed by atoms with E-state index in [-0.39, 0.29) is 11.9 Å². The maximum atomic E-state index is 11.1. The van der Waals surface area contributed by atoms with Gasteiger partial charge in [0.2, 0.25) is 0 Å². The molecule has 0 aliphatic heterocycles. The molecule has 0 aromatic rings. The fourth-order valence-electron chi connectivity index (χ4n) is 4.41. The number of unbranched alkanes of at least 4 members (excludes halogenated alkanes) is 22. The second-order valence-electron chi connectivity index (χ2n) is 11.1. The van der Waals surface area contributed by atoms with Gasteiger partial charge in [-0.15, -0.1) is 0 Å². The van der Waals surface area contributed by atoms with E-state index in [2.05, 4.69) is 27.0 Å². The molecule has 0 aliphatic rings. The maximum Gasteiger partial charge on any atom is 0.333 e. The predicted octanol–water partition coefficient (Wildman–Crippen LogP) is 11.2. The minimum atomic E-state index is -0.303. The Morgan fingerprint density at radius 1 is 0.513 bits per heavy atom. The highest BCUT2D eigenvalue weighted by Gasteiger charge is 2.01. The van der Waals surface area contributed by atoms with Crippen molar-refractivity contribution in [1.29, 1.82) is 0 Å². The van der Waals surface area contributed by atoms with Crippen LogP contribution in [0.4, 0.5) is 0 Å². The van der Waals surface area contributed by atoms with Crippen molar-refractivity contribution in [1.82, 2.24) is 0 Å². The van der Waals surface area contributed by atoms with Crippen LogP contribution in [0.2, 0.25) is 0 Å². The summed E-state index contributed by atoms with van der Waals surface area (Å²) >= 11 is 0. The first-order chi connectivity index (χ1) is 19.0. The van der Waals surface area contributed by atoms with Gasteiger partial charge in [-0.25, -0.2) is 9.59 Å². The molecule has 0 aromatic carbocycles. The smallest absolute Gasteiger partial charge is 0.333 e. The molecule has 0 rings (SSSR count). The predicted molar refractivity (Wildman–Crippen MR) is 169 cm³/mol. The van der Waals surface area contributed by atoms with E-state index < -0.39 is 0 Å². The second-order valence-corrected chi connectivity index (χ2v) is 11.1. The van der Waals surface area contributed by atoms with Gasteiger partial charge in [-0.3, -0.25) is 0 Å². The summed E-state index contributed by atoms with van der Waals surface area (Å²) in [7, 11) is 0. The normalized spacial score (nSPS) is 10.4. The van der Waals surface area contributed by atoms with Gasteiger partial charge in [0.25, 0.3) is 0 Å². The second kappa shape index (κ2) is 34.4. The van der Waals surface area contributed by atoms with Gasteiger partial charge in [-0.1, -0.05) is 168 Å². The molecule has 0 heterocycles. The van der Waals surface area contributed by atoms with Gasteiger partial charge >= 0.3 is 11.9 Å². The number of rotatable bonds is 28. The lowest BCUT2D eigenvalue weighted by molar-refractivity contribution is -0.139. The van der Waals surface area contributed by atoms with Crippen molar-refractivity contribution in [2.24, 2.45) is 0 Å². The number of esters is 2. The topological polar surface area (TPSA) is 52.6 Å². The van der Waals surface area contributed by atoms with E-state index in [1.54, 1.807) is 6.92 Å². The van der Waals surface area contributed by atoms with Crippen LogP contribution < -0.4 is 0 Å². The zero-order valence-corrected chi connectivity index (χ0v) is 26.5. The first kappa shape index (κ1) is 39.6. The van der Waals surface area contributed by atoms with Crippen LogP contribution in [0.3, 0.4) is 0 Å². The zero-order chi connectivity index (χ0) is 29.2. The summed E-state index contributed by atoms with van der Waals surface area (Å²) < 4.78 is 9.98. The molecule has 0 aromatic heterocycles. The van der Waals surface area contributed by atoms with Crippen molar-refractivity contribution in [3.05, 3.63) is 24.8 Å². The van der Waals surface area contributed by atoms with Crippen molar-refractivity contribution >= 4 is 11.9 Å². The summed E-state index contributed by atoms with van der Waals surface area (Å²) in [4.78, 5) is 21.9. The van der Waals surface area contributed by atoms with Crippen molar-refractivity contribution < 1.29 is 19.1 Å². The van der Waals surface area contributed by atoms with Gasteiger partial charge in [0.05, 0.1) is 13.2 Å². The molecule has 0 fully saturated rings. The highest BCUT2D eigenvalue weighted by molar-refractivity contribution is 5.86.